The van der Waals surface area contributed by atoms with Gasteiger partial charge in [-0.25, -0.2) is 0 Å². The zero-order valence-corrected chi connectivity index (χ0v) is 17.5. The Morgan fingerprint density at radius 1 is 1.10 bits per heavy atom. The number of nitrogens with zero attached hydrogens (tertiary/aromatic N) is 5. The average molecular weight is 444 g/mol. The summed E-state index contributed by atoms with van der Waals surface area (Å²) < 4.78 is 18.9. The molecule has 4 heterocycles. The molecule has 0 radical (unpaired) electrons. The zero-order chi connectivity index (χ0) is 20.3. The lowest BCUT2D eigenvalue weighted by Gasteiger charge is -2.14. The van der Waals surface area contributed by atoms with Crippen molar-refractivity contribution in [3.05, 3.63) is 53.6 Å². The van der Waals surface area contributed by atoms with Crippen LogP contribution >= 0.6 is 23.4 Å². The molecule has 1 aromatic carbocycles. The summed E-state index contributed by atoms with van der Waals surface area (Å²) in [5, 5.41) is 18.4. The van der Waals surface area contributed by atoms with Gasteiger partial charge in [-0.15, -0.1) is 20.4 Å². The Morgan fingerprint density at radius 3 is 2.77 bits per heavy atom. The predicted molar refractivity (Wildman–Crippen MR) is 111 cm³/mol. The van der Waals surface area contributed by atoms with Crippen LogP contribution in [0.2, 0.25) is 5.02 Å². The second-order valence-corrected chi connectivity index (χ2v) is 8.20. The fourth-order valence-electron chi connectivity index (χ4n) is 3.30. The molecule has 0 spiro atoms. The van der Waals surface area contributed by atoms with Crippen molar-refractivity contribution in [1.29, 1.82) is 0 Å². The molecular formula is C20H18ClN5O3S. The maximum Gasteiger partial charge on any atom is 0.283 e. The fraction of sp³-hybridized carbons (Fsp3) is 0.300. The van der Waals surface area contributed by atoms with E-state index >= 15 is 0 Å². The van der Waals surface area contributed by atoms with E-state index in [1.165, 1.54) is 11.8 Å². The van der Waals surface area contributed by atoms with Gasteiger partial charge in [-0.3, -0.25) is 4.57 Å². The number of aromatic nitrogens is 5. The van der Waals surface area contributed by atoms with Crippen LogP contribution < -0.4 is 0 Å². The Morgan fingerprint density at radius 2 is 2.00 bits per heavy atom. The SMILES string of the molecule is Clc1ccc(-c2nnc(SCc3nnc(-c4ccco4)o3)n2C[C@@H]2CCCO2)cc1. The van der Waals surface area contributed by atoms with E-state index in [-0.39, 0.29) is 6.10 Å². The van der Waals surface area contributed by atoms with Crippen molar-refractivity contribution in [2.45, 2.75) is 36.4 Å². The molecule has 1 atom stereocenters. The van der Waals surface area contributed by atoms with Crippen LogP contribution in [0.3, 0.4) is 0 Å². The van der Waals surface area contributed by atoms with E-state index in [9.17, 15) is 0 Å². The lowest BCUT2D eigenvalue weighted by atomic mass is 10.2. The second-order valence-electron chi connectivity index (χ2n) is 6.83. The van der Waals surface area contributed by atoms with E-state index in [1.54, 1.807) is 18.4 Å². The minimum absolute atomic E-state index is 0.153. The number of ether oxygens (including phenoxy) is 1. The van der Waals surface area contributed by atoms with Crippen molar-refractivity contribution in [3.8, 4) is 23.0 Å². The minimum atomic E-state index is 0.153. The van der Waals surface area contributed by atoms with Crippen molar-refractivity contribution >= 4 is 23.4 Å². The summed E-state index contributed by atoms with van der Waals surface area (Å²) >= 11 is 7.53. The molecule has 10 heteroatoms. The van der Waals surface area contributed by atoms with Crippen LogP contribution in [0.15, 0.2) is 56.7 Å². The monoisotopic (exact) mass is 443 g/mol. The van der Waals surface area contributed by atoms with E-state index in [4.69, 9.17) is 25.2 Å². The van der Waals surface area contributed by atoms with Crippen LogP contribution in [0.1, 0.15) is 18.7 Å². The highest BCUT2D eigenvalue weighted by molar-refractivity contribution is 7.98. The first-order valence-electron chi connectivity index (χ1n) is 9.56. The molecule has 1 saturated heterocycles. The van der Waals surface area contributed by atoms with Crippen LogP contribution in [0.25, 0.3) is 23.0 Å². The molecule has 0 aliphatic carbocycles. The van der Waals surface area contributed by atoms with Crippen molar-refractivity contribution in [1.82, 2.24) is 25.0 Å². The zero-order valence-electron chi connectivity index (χ0n) is 15.9. The standard InChI is InChI=1S/C20H18ClN5O3S/c21-14-7-5-13(6-8-14)18-23-25-20(26(18)11-15-3-1-9-27-15)30-12-17-22-24-19(29-17)16-4-2-10-28-16/h2,4-8,10,15H,1,3,9,11-12H2/t15-/m0/s1. The molecule has 0 amide bonds. The third-order valence-corrected chi connectivity index (χ3v) is 5.96. The molecule has 1 aliphatic rings. The summed E-state index contributed by atoms with van der Waals surface area (Å²) in [5.74, 6) is 2.65. The van der Waals surface area contributed by atoms with Gasteiger partial charge in [0.1, 0.15) is 0 Å². The molecule has 154 valence electrons. The van der Waals surface area contributed by atoms with Gasteiger partial charge in [0.2, 0.25) is 5.89 Å². The third kappa shape index (κ3) is 4.14. The highest BCUT2D eigenvalue weighted by atomic mass is 35.5. The van der Waals surface area contributed by atoms with Crippen LogP contribution in [-0.4, -0.2) is 37.7 Å². The summed E-state index contributed by atoms with van der Waals surface area (Å²) in [5.41, 5.74) is 0.953. The first-order valence-corrected chi connectivity index (χ1v) is 10.9. The summed E-state index contributed by atoms with van der Waals surface area (Å²) in [6.07, 6.45) is 3.82. The maximum absolute atomic E-state index is 6.04. The first-order chi connectivity index (χ1) is 14.8. The molecule has 5 rings (SSSR count). The van der Waals surface area contributed by atoms with Gasteiger partial charge < -0.3 is 13.6 Å². The molecule has 0 unspecified atom stereocenters. The van der Waals surface area contributed by atoms with Crippen LogP contribution in [0, 0.1) is 0 Å². The number of furan rings is 1. The Labute approximate surface area is 181 Å². The molecule has 3 aromatic heterocycles. The smallest absolute Gasteiger partial charge is 0.283 e. The van der Waals surface area contributed by atoms with E-state index in [2.05, 4.69) is 25.0 Å². The van der Waals surface area contributed by atoms with Gasteiger partial charge >= 0.3 is 0 Å². The van der Waals surface area contributed by atoms with Gasteiger partial charge in [-0.2, -0.15) is 0 Å². The summed E-state index contributed by atoms with van der Waals surface area (Å²) in [6, 6.07) is 11.1. The molecule has 4 aromatic rings. The van der Waals surface area contributed by atoms with E-state index in [0.717, 1.165) is 36.0 Å². The van der Waals surface area contributed by atoms with Gasteiger partial charge in [-0.1, -0.05) is 23.4 Å². The Balaban J connectivity index is 1.37. The van der Waals surface area contributed by atoms with Crippen LogP contribution in [0.5, 0.6) is 0 Å². The Bertz CT molecular complexity index is 1100. The Hall–Kier alpha value is -2.62. The van der Waals surface area contributed by atoms with E-state index in [0.29, 0.717) is 34.9 Å². The lowest BCUT2D eigenvalue weighted by molar-refractivity contribution is 0.0953. The van der Waals surface area contributed by atoms with Gasteiger partial charge in [0, 0.05) is 17.2 Å². The normalized spacial score (nSPS) is 16.4. The lowest BCUT2D eigenvalue weighted by Crippen LogP contribution is -2.16. The number of hydrogen-bond donors (Lipinski definition) is 0. The predicted octanol–water partition coefficient (Wildman–Crippen LogP) is 4.71. The minimum Gasteiger partial charge on any atom is -0.459 e. The molecule has 1 fully saturated rings. The number of hydrogen-bond acceptors (Lipinski definition) is 8. The molecular weight excluding hydrogens is 426 g/mol. The van der Waals surface area contributed by atoms with Crippen LogP contribution in [0.4, 0.5) is 0 Å². The molecule has 0 N–H and O–H groups in total. The topological polar surface area (TPSA) is 92.0 Å². The first kappa shape index (κ1) is 19.3. The molecule has 0 bridgehead atoms. The number of benzene rings is 1. The number of rotatable bonds is 7. The van der Waals surface area contributed by atoms with E-state index < -0.39 is 0 Å². The van der Waals surface area contributed by atoms with Crippen molar-refractivity contribution in [3.63, 3.8) is 0 Å². The van der Waals surface area contributed by atoms with Crippen LogP contribution in [-0.2, 0) is 17.0 Å². The Kier molecular flexibility index (Phi) is 5.56. The average Bonchev–Trinajstić information content (AvgIpc) is 3.55. The summed E-state index contributed by atoms with van der Waals surface area (Å²) in [7, 11) is 0. The van der Waals surface area contributed by atoms with Crippen molar-refractivity contribution < 1.29 is 13.6 Å². The van der Waals surface area contributed by atoms with Crippen molar-refractivity contribution in [2.24, 2.45) is 0 Å². The second kappa shape index (κ2) is 8.63. The van der Waals surface area contributed by atoms with Gasteiger partial charge in [0.25, 0.3) is 5.89 Å². The van der Waals surface area contributed by atoms with Gasteiger partial charge in [0.05, 0.1) is 24.7 Å². The van der Waals surface area contributed by atoms with E-state index in [1.807, 2.05) is 24.3 Å². The number of halogens is 1. The quantitative estimate of drug-likeness (QED) is 0.379. The molecule has 1 aliphatic heterocycles. The summed E-state index contributed by atoms with van der Waals surface area (Å²) in [4.78, 5) is 0. The fourth-order valence-corrected chi connectivity index (χ4v) is 4.21. The maximum atomic E-state index is 6.04. The van der Waals surface area contributed by atoms with Gasteiger partial charge in [0.15, 0.2) is 16.7 Å². The molecule has 30 heavy (non-hydrogen) atoms. The number of thioether (sulfide) groups is 1. The highest BCUT2D eigenvalue weighted by Gasteiger charge is 2.22. The largest absolute Gasteiger partial charge is 0.459 e. The molecule has 8 nitrogen and oxygen atoms in total. The van der Waals surface area contributed by atoms with Crippen molar-refractivity contribution in [2.75, 3.05) is 6.61 Å². The van der Waals surface area contributed by atoms with Gasteiger partial charge in [-0.05, 0) is 49.2 Å². The third-order valence-electron chi connectivity index (χ3n) is 4.75. The summed E-state index contributed by atoms with van der Waals surface area (Å²) in [6.45, 7) is 1.48. The molecule has 0 saturated carbocycles. The highest BCUT2D eigenvalue weighted by Crippen LogP contribution is 2.29.